The van der Waals surface area contributed by atoms with E-state index < -0.39 is 0 Å². The number of carbonyl (C=O) groups is 1. The van der Waals surface area contributed by atoms with Crippen LogP contribution < -0.4 is 9.47 Å². The fourth-order valence-corrected chi connectivity index (χ4v) is 4.06. The first kappa shape index (κ1) is 22.4. The molecule has 0 aliphatic rings. The number of ketones is 1. The number of rotatable bonds is 10. The van der Waals surface area contributed by atoms with Gasteiger partial charge in [0.1, 0.15) is 5.65 Å². The minimum absolute atomic E-state index is 0.112. The summed E-state index contributed by atoms with van der Waals surface area (Å²) in [5.41, 5.74) is 4.82. The monoisotopic (exact) mass is 443 g/mol. The summed E-state index contributed by atoms with van der Waals surface area (Å²) in [4.78, 5) is 13.4. The molecule has 0 radical (unpaired) electrons. The lowest BCUT2D eigenvalue weighted by atomic mass is 10.1. The van der Waals surface area contributed by atoms with Crippen LogP contribution in [0.25, 0.3) is 22.8 Å². The zero-order valence-electron chi connectivity index (χ0n) is 19.4. The maximum atomic E-state index is 13.4. The quantitative estimate of drug-likeness (QED) is 0.175. The molecule has 170 valence electrons. The number of nitrogens with zero attached hydrogens (tertiary/aromatic N) is 3. The van der Waals surface area contributed by atoms with Gasteiger partial charge in [-0.15, -0.1) is 6.58 Å². The lowest BCUT2D eigenvalue weighted by Gasteiger charge is -2.13. The van der Waals surface area contributed by atoms with Crippen LogP contribution in [0, 0.1) is 6.92 Å². The zero-order chi connectivity index (χ0) is 23.4. The Bertz CT molecular complexity index is 1340. The summed E-state index contributed by atoms with van der Waals surface area (Å²) in [6.45, 7) is 11.4. The number of aromatic nitrogens is 3. The molecule has 6 heteroatoms. The molecule has 6 nitrogen and oxygen atoms in total. The first-order chi connectivity index (χ1) is 16.1. The van der Waals surface area contributed by atoms with Gasteiger partial charge >= 0.3 is 0 Å². The number of hydrogen-bond donors (Lipinski definition) is 0. The van der Waals surface area contributed by atoms with E-state index in [1.54, 1.807) is 12.2 Å². The number of fused-ring (bicyclic) bond motifs is 3. The van der Waals surface area contributed by atoms with Crippen LogP contribution >= 0.6 is 0 Å². The molecule has 4 rings (SSSR count). The number of hydrogen-bond acceptors (Lipinski definition) is 4. The van der Waals surface area contributed by atoms with E-state index in [2.05, 4.69) is 23.2 Å². The second-order valence-electron chi connectivity index (χ2n) is 7.74. The minimum Gasteiger partial charge on any atom is -0.490 e. The van der Waals surface area contributed by atoms with Crippen LogP contribution in [0.1, 0.15) is 41.9 Å². The van der Waals surface area contributed by atoms with Crippen molar-refractivity contribution in [1.29, 1.82) is 0 Å². The van der Waals surface area contributed by atoms with Crippen LogP contribution in [0.4, 0.5) is 0 Å². The van der Waals surface area contributed by atoms with Crippen molar-refractivity contribution in [2.75, 3.05) is 13.2 Å². The Morgan fingerprint density at radius 2 is 1.88 bits per heavy atom. The molecule has 0 atom stereocenters. The lowest BCUT2D eigenvalue weighted by molar-refractivity contribution is 0.104. The summed E-state index contributed by atoms with van der Waals surface area (Å²) < 4.78 is 15.6. The highest BCUT2D eigenvalue weighted by molar-refractivity contribution is 6.12. The lowest BCUT2D eigenvalue weighted by Crippen LogP contribution is -2.03. The number of para-hydroxylation sites is 3. The van der Waals surface area contributed by atoms with Gasteiger partial charge in [-0.2, -0.15) is 5.10 Å². The summed E-state index contributed by atoms with van der Waals surface area (Å²) in [5, 5.41) is 4.68. The maximum Gasteiger partial charge on any atom is 0.191 e. The van der Waals surface area contributed by atoms with E-state index in [0.717, 1.165) is 28.7 Å². The predicted octanol–water partition coefficient (Wildman–Crippen LogP) is 5.87. The van der Waals surface area contributed by atoms with E-state index in [0.29, 0.717) is 42.5 Å². The maximum absolute atomic E-state index is 13.4. The third-order valence-electron chi connectivity index (χ3n) is 5.42. The van der Waals surface area contributed by atoms with Crippen molar-refractivity contribution in [2.24, 2.45) is 0 Å². The van der Waals surface area contributed by atoms with Crippen LogP contribution in [0.15, 0.2) is 61.2 Å². The Balaban J connectivity index is 1.78. The summed E-state index contributed by atoms with van der Waals surface area (Å²) >= 11 is 0. The summed E-state index contributed by atoms with van der Waals surface area (Å²) in [7, 11) is 0. The minimum atomic E-state index is -0.112. The van der Waals surface area contributed by atoms with E-state index in [4.69, 9.17) is 9.47 Å². The van der Waals surface area contributed by atoms with E-state index in [9.17, 15) is 4.79 Å². The highest BCUT2D eigenvalue weighted by Gasteiger charge is 2.22. The van der Waals surface area contributed by atoms with Gasteiger partial charge < -0.3 is 14.0 Å². The van der Waals surface area contributed by atoms with Gasteiger partial charge in [0.25, 0.3) is 0 Å². The number of aryl methyl sites for hydroxylation is 1. The first-order valence-electron chi connectivity index (χ1n) is 11.3. The Kier molecular flexibility index (Phi) is 6.63. The average Bonchev–Trinajstić information content (AvgIpc) is 3.31. The third-order valence-corrected chi connectivity index (χ3v) is 5.42. The Labute approximate surface area is 193 Å². The van der Waals surface area contributed by atoms with Gasteiger partial charge in [0.05, 0.1) is 35.5 Å². The molecule has 33 heavy (non-hydrogen) atoms. The van der Waals surface area contributed by atoms with Gasteiger partial charge in [-0.1, -0.05) is 37.3 Å². The van der Waals surface area contributed by atoms with Crippen LogP contribution in [-0.4, -0.2) is 33.2 Å². The van der Waals surface area contributed by atoms with Gasteiger partial charge in [0.15, 0.2) is 17.3 Å². The normalized spacial score (nSPS) is 11.5. The van der Waals surface area contributed by atoms with Gasteiger partial charge in [-0.3, -0.25) is 4.79 Å². The number of allylic oxidation sites excluding steroid dienone is 2. The third kappa shape index (κ3) is 4.16. The molecule has 2 heterocycles. The highest BCUT2D eigenvalue weighted by atomic mass is 16.5. The van der Waals surface area contributed by atoms with Crippen molar-refractivity contribution in [1.82, 2.24) is 14.2 Å². The molecule has 0 amide bonds. The van der Waals surface area contributed by atoms with Gasteiger partial charge in [-0.25, -0.2) is 4.52 Å². The van der Waals surface area contributed by atoms with E-state index >= 15 is 0 Å². The highest BCUT2D eigenvalue weighted by Crippen LogP contribution is 2.33. The summed E-state index contributed by atoms with van der Waals surface area (Å²) in [6.07, 6.45) is 6.09. The van der Waals surface area contributed by atoms with Crippen LogP contribution in [-0.2, 0) is 6.54 Å². The first-order valence-corrected chi connectivity index (χ1v) is 11.3. The Morgan fingerprint density at radius 3 is 2.61 bits per heavy atom. The molecule has 0 saturated heterocycles. The van der Waals surface area contributed by atoms with Gasteiger partial charge in [0, 0.05) is 12.1 Å². The standard InChI is InChI=1S/C27H29N3O3/c1-5-17-29-21-12-8-9-13-22(21)30-27(29)25(19(4)28-30)23(31)16-15-20-11-10-14-24(32-7-3)26(20)33-18-6-2/h5,8-16H,1,6-7,17-18H2,2-4H3. The Morgan fingerprint density at radius 1 is 1.09 bits per heavy atom. The largest absolute Gasteiger partial charge is 0.490 e. The van der Waals surface area contributed by atoms with Crippen molar-refractivity contribution < 1.29 is 14.3 Å². The smallest absolute Gasteiger partial charge is 0.191 e. The molecule has 4 aromatic rings. The SMILES string of the molecule is C=CCn1c2ccccc2n2nc(C)c(C(=O)C=Cc3cccc(OCC)c3OCCC)c12. The second-order valence-corrected chi connectivity index (χ2v) is 7.74. The average molecular weight is 444 g/mol. The molecule has 0 unspecified atom stereocenters. The Hall–Kier alpha value is -3.80. The van der Waals surface area contributed by atoms with Gasteiger partial charge in [0.2, 0.25) is 0 Å². The fourth-order valence-electron chi connectivity index (χ4n) is 4.06. The van der Waals surface area contributed by atoms with Crippen LogP contribution in [0.5, 0.6) is 11.5 Å². The predicted molar refractivity (Wildman–Crippen MR) is 132 cm³/mol. The molecule has 0 fully saturated rings. The molecule has 0 saturated carbocycles. The molecule has 0 N–H and O–H groups in total. The van der Waals surface area contributed by atoms with Crippen molar-refractivity contribution in [3.63, 3.8) is 0 Å². The topological polar surface area (TPSA) is 57.8 Å². The van der Waals surface area contributed by atoms with E-state index in [1.165, 1.54) is 0 Å². The number of carbonyl (C=O) groups excluding carboxylic acids is 1. The number of benzene rings is 2. The van der Waals surface area contributed by atoms with Crippen molar-refractivity contribution >= 4 is 28.5 Å². The van der Waals surface area contributed by atoms with Crippen LogP contribution in [0.3, 0.4) is 0 Å². The summed E-state index contributed by atoms with van der Waals surface area (Å²) in [6, 6.07) is 13.7. The van der Waals surface area contributed by atoms with Crippen molar-refractivity contribution in [3.05, 3.63) is 78.0 Å². The molecule has 2 aromatic heterocycles. The molecular formula is C27H29N3O3. The molecule has 0 bridgehead atoms. The van der Waals surface area contributed by atoms with E-state index in [1.807, 2.05) is 66.9 Å². The molecule has 0 spiro atoms. The summed E-state index contributed by atoms with van der Waals surface area (Å²) in [5.74, 6) is 1.22. The molecule has 0 aliphatic carbocycles. The molecule has 2 aromatic carbocycles. The number of imidazole rings is 1. The van der Waals surface area contributed by atoms with Crippen molar-refractivity contribution in [2.45, 2.75) is 33.7 Å². The second kappa shape index (κ2) is 9.77. The molecule has 0 aliphatic heterocycles. The number of ether oxygens (including phenoxy) is 2. The fraction of sp³-hybridized carbons (Fsp3) is 0.259. The van der Waals surface area contributed by atoms with Crippen LogP contribution in [0.2, 0.25) is 0 Å². The van der Waals surface area contributed by atoms with Crippen molar-refractivity contribution in [3.8, 4) is 11.5 Å². The van der Waals surface area contributed by atoms with E-state index in [-0.39, 0.29) is 5.78 Å². The zero-order valence-corrected chi connectivity index (χ0v) is 19.4. The molecular weight excluding hydrogens is 414 g/mol. The van der Waals surface area contributed by atoms with Gasteiger partial charge in [-0.05, 0) is 50.6 Å².